The van der Waals surface area contributed by atoms with E-state index in [-0.39, 0.29) is 44.9 Å². The Labute approximate surface area is 224 Å². The standard InChI is InChI=1S/C30H25ClN2O3S/c1-17(34)19-13-14-24-22(15-19)28-23(30(32-24)21-10-6-8-18-7-2-3-9-20(18)21)16-27(29(28)31)37-26-12-5-4-11-25(26)33(35)36/h2-15,23,27-30,32H,16H2,1H3/t23-,27-,28+,29-,30-/m0/s1. The van der Waals surface area contributed by atoms with E-state index in [2.05, 4.69) is 41.7 Å². The third kappa shape index (κ3) is 4.18. The molecule has 0 saturated heterocycles. The number of thioether (sulfide) groups is 1. The minimum absolute atomic E-state index is 0.00135. The van der Waals surface area contributed by atoms with Crippen molar-refractivity contribution in [3.8, 4) is 0 Å². The summed E-state index contributed by atoms with van der Waals surface area (Å²) in [6, 6.07) is 27.5. The van der Waals surface area contributed by atoms with Crippen LogP contribution in [0.25, 0.3) is 10.8 Å². The molecule has 1 heterocycles. The van der Waals surface area contributed by atoms with Crippen LogP contribution >= 0.6 is 23.4 Å². The molecule has 1 fully saturated rings. The van der Waals surface area contributed by atoms with Gasteiger partial charge in [-0.25, -0.2) is 0 Å². The highest BCUT2D eigenvalue weighted by atomic mass is 35.5. The molecular formula is C30H25ClN2O3S. The lowest BCUT2D eigenvalue weighted by Crippen LogP contribution is -2.31. The summed E-state index contributed by atoms with van der Waals surface area (Å²) in [5, 5.41) is 17.6. The topological polar surface area (TPSA) is 72.2 Å². The molecule has 6 rings (SSSR count). The Bertz CT molecular complexity index is 1540. The van der Waals surface area contributed by atoms with Crippen LogP contribution in [0.4, 0.5) is 11.4 Å². The number of nitrogens with one attached hydrogen (secondary N) is 1. The first kappa shape index (κ1) is 24.0. The molecule has 4 aromatic carbocycles. The van der Waals surface area contributed by atoms with E-state index in [1.807, 2.05) is 30.3 Å². The molecule has 37 heavy (non-hydrogen) atoms. The number of halogens is 1. The molecule has 5 atom stereocenters. The van der Waals surface area contributed by atoms with E-state index in [9.17, 15) is 14.9 Å². The third-order valence-electron chi connectivity index (χ3n) is 7.72. The minimum atomic E-state index is -0.331. The lowest BCUT2D eigenvalue weighted by atomic mass is 9.76. The molecule has 4 aromatic rings. The van der Waals surface area contributed by atoms with E-state index in [1.165, 1.54) is 28.1 Å². The van der Waals surface area contributed by atoms with Crippen LogP contribution in [0.5, 0.6) is 0 Å². The number of ketones is 1. The van der Waals surface area contributed by atoms with Crippen LogP contribution in [-0.4, -0.2) is 21.3 Å². The summed E-state index contributed by atoms with van der Waals surface area (Å²) in [5.41, 5.74) is 4.04. The van der Waals surface area contributed by atoms with E-state index in [0.717, 1.165) is 17.7 Å². The summed E-state index contributed by atoms with van der Waals surface area (Å²) in [6.45, 7) is 1.58. The number of nitrogens with zero attached hydrogens (tertiary/aromatic N) is 1. The van der Waals surface area contributed by atoms with E-state index >= 15 is 0 Å². The summed E-state index contributed by atoms with van der Waals surface area (Å²) >= 11 is 8.76. The van der Waals surface area contributed by atoms with Crippen molar-refractivity contribution in [1.82, 2.24) is 0 Å². The Morgan fingerprint density at radius 3 is 2.57 bits per heavy atom. The van der Waals surface area contributed by atoms with Crippen molar-refractivity contribution in [2.75, 3.05) is 5.32 Å². The van der Waals surface area contributed by atoms with Crippen molar-refractivity contribution in [2.45, 2.75) is 40.8 Å². The first-order valence-corrected chi connectivity index (χ1v) is 13.7. The SMILES string of the molecule is CC(=O)c1ccc2c(c1)[C@H]1[C@@H](Cl)[C@@H](Sc3ccccc3[N+](=O)[O-])C[C@@H]1[C@H](c1cccc3ccccc13)N2. The second kappa shape index (κ2) is 9.51. The zero-order chi connectivity index (χ0) is 25.7. The molecule has 0 bridgehead atoms. The molecule has 0 aromatic heterocycles. The number of carbonyl (C=O) groups excluding carboxylic acids is 1. The van der Waals surface area contributed by atoms with Crippen LogP contribution in [0.3, 0.4) is 0 Å². The highest BCUT2D eigenvalue weighted by Crippen LogP contribution is 2.58. The molecule has 0 unspecified atom stereocenters. The maximum Gasteiger partial charge on any atom is 0.282 e. The number of fused-ring (bicyclic) bond motifs is 4. The fourth-order valence-corrected chi connectivity index (χ4v) is 7.98. The van der Waals surface area contributed by atoms with Crippen molar-refractivity contribution in [3.63, 3.8) is 0 Å². The summed E-state index contributed by atoms with van der Waals surface area (Å²) in [5.74, 6) is 0.176. The Kier molecular flexibility index (Phi) is 6.17. The van der Waals surface area contributed by atoms with Gasteiger partial charge in [-0.15, -0.1) is 23.4 Å². The second-order valence-corrected chi connectivity index (χ2v) is 11.6. The second-order valence-electron chi connectivity index (χ2n) is 9.80. The Hall–Kier alpha value is -3.35. The van der Waals surface area contributed by atoms with Crippen LogP contribution in [0, 0.1) is 16.0 Å². The van der Waals surface area contributed by atoms with Crippen molar-refractivity contribution in [1.29, 1.82) is 0 Å². The van der Waals surface area contributed by atoms with Gasteiger partial charge in [0, 0.05) is 28.5 Å². The van der Waals surface area contributed by atoms with Gasteiger partial charge in [-0.1, -0.05) is 54.6 Å². The molecule has 1 saturated carbocycles. The first-order chi connectivity index (χ1) is 17.9. The van der Waals surface area contributed by atoms with Gasteiger partial charge in [0.2, 0.25) is 0 Å². The van der Waals surface area contributed by atoms with Gasteiger partial charge in [0.15, 0.2) is 5.78 Å². The number of Topliss-reactive ketones (excluding diaryl/α,β-unsaturated/α-hetero) is 1. The van der Waals surface area contributed by atoms with Crippen molar-refractivity contribution in [3.05, 3.63) is 112 Å². The van der Waals surface area contributed by atoms with Crippen LogP contribution in [0.15, 0.2) is 89.8 Å². The van der Waals surface area contributed by atoms with E-state index < -0.39 is 0 Å². The first-order valence-electron chi connectivity index (χ1n) is 12.4. The van der Waals surface area contributed by atoms with Gasteiger partial charge in [-0.2, -0.15) is 0 Å². The zero-order valence-corrected chi connectivity index (χ0v) is 21.7. The molecule has 7 heteroatoms. The number of carbonyl (C=O) groups is 1. The van der Waals surface area contributed by atoms with Gasteiger partial charge < -0.3 is 5.32 Å². The number of hydrogen-bond acceptors (Lipinski definition) is 5. The fourth-order valence-electron chi connectivity index (χ4n) is 6.04. The molecule has 186 valence electrons. The van der Waals surface area contributed by atoms with Gasteiger partial charge in [0.05, 0.1) is 21.2 Å². The third-order valence-corrected chi connectivity index (χ3v) is 9.83. The maximum absolute atomic E-state index is 12.2. The average Bonchev–Trinajstić information content (AvgIpc) is 3.23. The highest BCUT2D eigenvalue weighted by Gasteiger charge is 2.50. The Morgan fingerprint density at radius 2 is 1.76 bits per heavy atom. The number of benzene rings is 4. The predicted molar refractivity (Wildman–Crippen MR) is 150 cm³/mol. The number of para-hydroxylation sites is 1. The van der Waals surface area contributed by atoms with Crippen molar-refractivity contribution in [2.24, 2.45) is 5.92 Å². The number of alkyl halides is 1. The smallest absolute Gasteiger partial charge is 0.282 e. The quantitative estimate of drug-likeness (QED) is 0.123. The van der Waals surface area contributed by atoms with Crippen LogP contribution in [-0.2, 0) is 0 Å². The predicted octanol–water partition coefficient (Wildman–Crippen LogP) is 7.99. The Morgan fingerprint density at radius 1 is 1.00 bits per heavy atom. The minimum Gasteiger partial charge on any atom is -0.378 e. The summed E-state index contributed by atoms with van der Waals surface area (Å²) in [6.07, 6.45) is 0.792. The average molecular weight is 529 g/mol. The molecule has 0 radical (unpaired) electrons. The largest absolute Gasteiger partial charge is 0.378 e. The fraction of sp³-hybridized carbons (Fsp3) is 0.233. The molecule has 0 spiro atoms. The summed E-state index contributed by atoms with van der Waals surface area (Å²) in [7, 11) is 0. The van der Waals surface area contributed by atoms with Crippen LogP contribution in [0.2, 0.25) is 0 Å². The monoisotopic (exact) mass is 528 g/mol. The van der Waals surface area contributed by atoms with Gasteiger partial charge >= 0.3 is 0 Å². The number of nitro benzene ring substituents is 1. The number of rotatable bonds is 5. The van der Waals surface area contributed by atoms with Gasteiger partial charge in [0.1, 0.15) is 0 Å². The van der Waals surface area contributed by atoms with E-state index in [1.54, 1.807) is 25.1 Å². The van der Waals surface area contributed by atoms with Gasteiger partial charge in [-0.05, 0) is 65.4 Å². The van der Waals surface area contributed by atoms with E-state index in [0.29, 0.717) is 10.5 Å². The molecule has 1 aliphatic heterocycles. The molecule has 1 aliphatic carbocycles. The van der Waals surface area contributed by atoms with Gasteiger partial charge in [0.25, 0.3) is 5.69 Å². The molecule has 0 amide bonds. The summed E-state index contributed by atoms with van der Waals surface area (Å²) < 4.78 is 0. The zero-order valence-electron chi connectivity index (χ0n) is 20.1. The molecule has 5 nitrogen and oxygen atoms in total. The summed E-state index contributed by atoms with van der Waals surface area (Å²) in [4.78, 5) is 24.2. The van der Waals surface area contributed by atoms with Crippen molar-refractivity contribution < 1.29 is 9.72 Å². The number of nitro groups is 1. The molecular weight excluding hydrogens is 504 g/mol. The molecule has 1 N–H and O–H groups in total. The van der Waals surface area contributed by atoms with Crippen LogP contribution < -0.4 is 5.32 Å². The maximum atomic E-state index is 12.2. The normalized spacial score (nSPS) is 24.2. The van der Waals surface area contributed by atoms with Gasteiger partial charge in [-0.3, -0.25) is 14.9 Å². The van der Waals surface area contributed by atoms with E-state index in [4.69, 9.17) is 11.6 Å². The lowest BCUT2D eigenvalue weighted by molar-refractivity contribution is -0.387. The molecule has 2 aliphatic rings. The Balaban J connectivity index is 1.46. The lowest BCUT2D eigenvalue weighted by Gasteiger charge is -2.39. The number of anilines is 1. The van der Waals surface area contributed by atoms with Crippen molar-refractivity contribution >= 4 is 51.3 Å². The number of hydrogen-bond donors (Lipinski definition) is 1. The highest BCUT2D eigenvalue weighted by molar-refractivity contribution is 8.00. The van der Waals surface area contributed by atoms with Crippen LogP contribution in [0.1, 0.15) is 46.8 Å².